The van der Waals surface area contributed by atoms with Crippen molar-refractivity contribution < 1.29 is 28.9 Å². The normalized spacial score (nSPS) is 13.9. The fourth-order valence-electron chi connectivity index (χ4n) is 5.37. The van der Waals surface area contributed by atoms with Gasteiger partial charge in [-0.15, -0.1) is 0 Å². The van der Waals surface area contributed by atoms with Crippen LogP contribution in [0.5, 0.6) is 17.5 Å². The van der Waals surface area contributed by atoms with Crippen molar-refractivity contribution >= 4 is 12.3 Å². The minimum absolute atomic E-state index is 0.0404. The van der Waals surface area contributed by atoms with Gasteiger partial charge in [0.15, 0.2) is 6.29 Å². The van der Waals surface area contributed by atoms with Crippen LogP contribution in [-0.4, -0.2) is 42.6 Å². The fraction of sp³-hybridized carbons (Fsp3) is 0.242. The van der Waals surface area contributed by atoms with Gasteiger partial charge < -0.3 is 24.6 Å². The van der Waals surface area contributed by atoms with E-state index in [1.165, 1.54) is 29.4 Å². The van der Waals surface area contributed by atoms with Gasteiger partial charge in [0.25, 0.3) is 0 Å². The molecule has 1 heterocycles. The lowest BCUT2D eigenvalue weighted by Crippen LogP contribution is -2.22. The summed E-state index contributed by atoms with van der Waals surface area (Å²) in [7, 11) is 1.54. The van der Waals surface area contributed by atoms with Gasteiger partial charge in [0.2, 0.25) is 11.8 Å². The summed E-state index contributed by atoms with van der Waals surface area (Å²) in [4.78, 5) is 25.9. The quantitative estimate of drug-likeness (QED) is 0.220. The molecule has 3 aromatic carbocycles. The number of fused-ring (bicyclic) bond motifs is 1. The Hall–Kier alpha value is -4.69. The second kappa shape index (κ2) is 12.7. The highest BCUT2D eigenvalue weighted by Gasteiger charge is 2.28. The minimum atomic E-state index is -0.922. The second-order valence-electron chi connectivity index (χ2n) is 9.81. The first kappa shape index (κ1) is 27.9. The van der Waals surface area contributed by atoms with Crippen molar-refractivity contribution in [3.05, 3.63) is 95.1 Å². The van der Waals surface area contributed by atoms with E-state index in [1.807, 2.05) is 30.3 Å². The number of pyridine rings is 1. The molecule has 0 saturated heterocycles. The van der Waals surface area contributed by atoms with E-state index < -0.39 is 5.97 Å². The Labute approximate surface area is 238 Å². The number of benzene rings is 3. The molecule has 0 aliphatic heterocycles. The Morgan fingerprint density at radius 1 is 1.02 bits per heavy atom. The molecule has 0 fully saturated rings. The maximum absolute atomic E-state index is 10.8. The number of aldehydes is 1. The Balaban J connectivity index is 1.37. The molecule has 1 aliphatic rings. The van der Waals surface area contributed by atoms with Crippen molar-refractivity contribution in [3.8, 4) is 39.8 Å². The van der Waals surface area contributed by atoms with Gasteiger partial charge in [-0.2, -0.15) is 4.98 Å². The predicted octanol–water partition coefficient (Wildman–Crippen LogP) is 5.55. The van der Waals surface area contributed by atoms with E-state index in [-0.39, 0.29) is 19.3 Å². The van der Waals surface area contributed by atoms with Crippen LogP contribution in [0.3, 0.4) is 0 Å². The third-order valence-electron chi connectivity index (χ3n) is 7.28. The van der Waals surface area contributed by atoms with Crippen LogP contribution in [0.15, 0.2) is 72.8 Å². The molecule has 0 saturated carbocycles. The summed E-state index contributed by atoms with van der Waals surface area (Å²) < 4.78 is 17.2. The first-order valence-corrected chi connectivity index (χ1v) is 13.5. The van der Waals surface area contributed by atoms with Crippen molar-refractivity contribution in [2.45, 2.75) is 32.4 Å². The summed E-state index contributed by atoms with van der Waals surface area (Å²) in [5.74, 6) is 0.612. The summed E-state index contributed by atoms with van der Waals surface area (Å²) in [6.45, 7) is 2.37. The van der Waals surface area contributed by atoms with E-state index >= 15 is 0 Å². The lowest BCUT2D eigenvalue weighted by Gasteiger charge is -2.18. The largest absolute Gasteiger partial charge is 0.486 e. The highest BCUT2D eigenvalue weighted by molar-refractivity contribution is 5.80. The maximum atomic E-state index is 10.8. The highest BCUT2D eigenvalue weighted by atomic mass is 16.5. The number of hydrogen-bond donors (Lipinski definition) is 2. The molecule has 0 unspecified atom stereocenters. The minimum Gasteiger partial charge on any atom is -0.486 e. The first-order chi connectivity index (χ1) is 20.0. The monoisotopic (exact) mass is 552 g/mol. The molecule has 0 amide bonds. The number of methoxy groups -OCH3 is 1. The van der Waals surface area contributed by atoms with Gasteiger partial charge >= 0.3 is 5.97 Å². The molecule has 1 aliphatic carbocycles. The Morgan fingerprint density at radius 3 is 2.54 bits per heavy atom. The number of hydrogen-bond acceptors (Lipinski definition) is 7. The van der Waals surface area contributed by atoms with Crippen LogP contribution >= 0.6 is 0 Å². The summed E-state index contributed by atoms with van der Waals surface area (Å²) in [6.07, 6.45) is 2.32. The van der Waals surface area contributed by atoms with E-state index in [2.05, 4.69) is 53.6 Å². The van der Waals surface area contributed by atoms with Crippen LogP contribution in [0.1, 0.15) is 34.8 Å². The number of aromatic nitrogens is 1. The van der Waals surface area contributed by atoms with Gasteiger partial charge in [0.05, 0.1) is 13.7 Å². The lowest BCUT2D eigenvalue weighted by atomic mass is 9.89. The van der Waals surface area contributed by atoms with Gasteiger partial charge in [-0.25, -0.2) is 0 Å². The lowest BCUT2D eigenvalue weighted by molar-refractivity contribution is -0.136. The van der Waals surface area contributed by atoms with E-state index in [1.54, 1.807) is 6.07 Å². The third-order valence-corrected chi connectivity index (χ3v) is 7.28. The van der Waals surface area contributed by atoms with Crippen molar-refractivity contribution in [2.75, 3.05) is 20.3 Å². The summed E-state index contributed by atoms with van der Waals surface area (Å²) in [5.41, 5.74) is 8.97. The summed E-state index contributed by atoms with van der Waals surface area (Å²) in [6, 6.07) is 24.2. The van der Waals surface area contributed by atoms with Crippen LogP contribution in [0.4, 0.5) is 0 Å². The average Bonchev–Trinajstić information content (AvgIpc) is 3.40. The maximum Gasteiger partial charge on any atom is 0.317 e. The molecule has 4 aromatic rings. The molecule has 1 atom stereocenters. The number of carboxylic acid groups (broad SMARTS) is 1. The standard InChI is InChI=1S/C33H32N2O6/c1-21-25(22-9-12-24(13-10-22)40-18-17-36)5-3-6-26(21)27-7-4-8-29-28(27)14-15-30(29)41-31-16-11-23(33(35-31)39-2)19-34-20-32(37)38/h3-13,16-17,30,34H,14-15,18-20H2,1-2H3,(H,37,38)/t30-/m0/s1. The topological polar surface area (TPSA) is 107 Å². The number of rotatable bonds is 12. The van der Waals surface area contributed by atoms with E-state index in [9.17, 15) is 9.59 Å². The molecular weight excluding hydrogens is 520 g/mol. The van der Waals surface area contributed by atoms with Crippen molar-refractivity contribution in [3.63, 3.8) is 0 Å². The molecule has 5 rings (SSSR count). The molecule has 2 N–H and O–H groups in total. The van der Waals surface area contributed by atoms with Crippen molar-refractivity contribution in [1.82, 2.24) is 10.3 Å². The summed E-state index contributed by atoms with van der Waals surface area (Å²) in [5, 5.41) is 11.7. The molecular formula is C33H32N2O6. The van der Waals surface area contributed by atoms with Crippen LogP contribution in [-0.2, 0) is 22.6 Å². The first-order valence-electron chi connectivity index (χ1n) is 13.5. The Bertz CT molecular complexity index is 1550. The molecule has 0 spiro atoms. The zero-order valence-corrected chi connectivity index (χ0v) is 23.1. The molecule has 8 nitrogen and oxygen atoms in total. The molecule has 1 aromatic heterocycles. The molecule has 0 bridgehead atoms. The van der Waals surface area contributed by atoms with Gasteiger partial charge in [-0.3, -0.25) is 9.59 Å². The third kappa shape index (κ3) is 6.23. The SMILES string of the molecule is COc1nc(O[C@H]2CCc3c(-c4cccc(-c5ccc(OCC=O)cc5)c4C)cccc32)ccc1CNCC(=O)O. The molecule has 0 radical (unpaired) electrons. The van der Waals surface area contributed by atoms with E-state index in [0.29, 0.717) is 24.1 Å². The number of carboxylic acids is 1. The zero-order chi connectivity index (χ0) is 28.8. The molecule has 41 heavy (non-hydrogen) atoms. The van der Waals surface area contributed by atoms with Crippen LogP contribution in [0.25, 0.3) is 22.3 Å². The number of carbonyl (C=O) groups is 2. The van der Waals surface area contributed by atoms with Gasteiger partial charge in [0.1, 0.15) is 18.5 Å². The number of nitrogens with one attached hydrogen (secondary N) is 1. The molecule has 8 heteroatoms. The number of nitrogens with zero attached hydrogens (tertiary/aromatic N) is 1. The summed E-state index contributed by atoms with van der Waals surface area (Å²) >= 11 is 0. The van der Waals surface area contributed by atoms with Crippen LogP contribution < -0.4 is 19.5 Å². The van der Waals surface area contributed by atoms with Crippen LogP contribution in [0, 0.1) is 6.92 Å². The fourth-order valence-corrected chi connectivity index (χ4v) is 5.37. The number of carbonyl (C=O) groups excluding carboxylic acids is 1. The number of ether oxygens (including phenoxy) is 3. The smallest absolute Gasteiger partial charge is 0.317 e. The van der Waals surface area contributed by atoms with Crippen molar-refractivity contribution in [2.24, 2.45) is 0 Å². The number of aliphatic carboxylic acids is 1. The van der Waals surface area contributed by atoms with Crippen molar-refractivity contribution in [1.29, 1.82) is 0 Å². The van der Waals surface area contributed by atoms with E-state index in [4.69, 9.17) is 19.3 Å². The Morgan fingerprint density at radius 2 is 1.78 bits per heavy atom. The van der Waals surface area contributed by atoms with Gasteiger partial charge in [0, 0.05) is 18.2 Å². The predicted molar refractivity (Wildman–Crippen MR) is 155 cm³/mol. The molecule has 210 valence electrons. The van der Waals surface area contributed by atoms with Gasteiger partial charge in [-0.1, -0.05) is 48.5 Å². The van der Waals surface area contributed by atoms with Crippen LogP contribution in [0.2, 0.25) is 0 Å². The van der Waals surface area contributed by atoms with E-state index in [0.717, 1.165) is 41.4 Å². The van der Waals surface area contributed by atoms with Gasteiger partial charge in [-0.05, 0) is 76.9 Å². The zero-order valence-electron chi connectivity index (χ0n) is 23.1. The average molecular weight is 553 g/mol. The highest BCUT2D eigenvalue weighted by Crippen LogP contribution is 2.42. The Kier molecular flexibility index (Phi) is 8.60. The second-order valence-corrected chi connectivity index (χ2v) is 9.81.